The number of rotatable bonds is 2. The van der Waals surface area contributed by atoms with Crippen LogP contribution in [0.3, 0.4) is 0 Å². The van der Waals surface area contributed by atoms with E-state index >= 15 is 0 Å². The molecule has 0 aromatic carbocycles. The second kappa shape index (κ2) is 7.74. The van der Waals surface area contributed by atoms with Crippen molar-refractivity contribution in [1.29, 1.82) is 0 Å². The lowest BCUT2D eigenvalue weighted by Crippen LogP contribution is -2.31. The van der Waals surface area contributed by atoms with Crippen molar-refractivity contribution in [3.05, 3.63) is 0 Å². The number of aliphatic hydroxyl groups is 1. The fourth-order valence-corrected chi connectivity index (χ4v) is 0.234. The minimum absolute atomic E-state index is 0.190. The van der Waals surface area contributed by atoms with Crippen LogP contribution in [0.2, 0.25) is 0 Å². The van der Waals surface area contributed by atoms with Crippen LogP contribution in [0.25, 0.3) is 0 Å². The molecule has 1 unspecified atom stereocenters. The van der Waals surface area contributed by atoms with Gasteiger partial charge in [0.15, 0.2) is 0 Å². The number of aliphatic hydroxyl groups excluding tert-OH is 1. The molecule has 1 atom stereocenters. The molecule has 0 heterocycles. The number of hydrogen-bond acceptors (Lipinski definition) is 4. The second-order valence-electron chi connectivity index (χ2n) is 1.13. The third-order valence-electron chi connectivity index (χ3n) is 0.514. The predicted molar refractivity (Wildman–Crippen MR) is 37.6 cm³/mol. The van der Waals surface area contributed by atoms with Crippen molar-refractivity contribution in [2.45, 2.75) is 6.04 Å². The number of nitrogens with two attached hydrogens (primary N) is 1. The summed E-state index contributed by atoms with van der Waals surface area (Å²) in [4.78, 5) is 9.76. The topological polar surface area (TPSA) is 83.5 Å². The molecule has 56 valence electrons. The molecular formula is C4H11NO3S. The van der Waals surface area contributed by atoms with Gasteiger partial charge in [-0.2, -0.15) is 12.6 Å². The summed E-state index contributed by atoms with van der Waals surface area (Å²) in [6.07, 6.45) is 0. The van der Waals surface area contributed by atoms with E-state index in [4.69, 9.17) is 15.9 Å². The Morgan fingerprint density at radius 2 is 2.11 bits per heavy atom. The van der Waals surface area contributed by atoms with Crippen LogP contribution in [-0.2, 0) is 4.79 Å². The van der Waals surface area contributed by atoms with Gasteiger partial charge in [0.05, 0.1) is 0 Å². The van der Waals surface area contributed by atoms with Gasteiger partial charge in [-0.05, 0) is 0 Å². The lowest BCUT2D eigenvalue weighted by atomic mass is 10.4. The van der Waals surface area contributed by atoms with Crippen LogP contribution >= 0.6 is 12.6 Å². The van der Waals surface area contributed by atoms with E-state index in [-0.39, 0.29) is 5.75 Å². The Kier molecular flexibility index (Phi) is 9.91. The summed E-state index contributed by atoms with van der Waals surface area (Å²) in [7, 11) is 1.00. The third kappa shape index (κ3) is 7.74. The van der Waals surface area contributed by atoms with Crippen molar-refractivity contribution >= 4 is 18.6 Å². The van der Waals surface area contributed by atoms with Crippen LogP contribution in [0.4, 0.5) is 0 Å². The Balaban J connectivity index is 0. The summed E-state index contributed by atoms with van der Waals surface area (Å²) in [5.74, 6) is -0.815. The van der Waals surface area contributed by atoms with Gasteiger partial charge >= 0.3 is 5.97 Å². The Morgan fingerprint density at radius 3 is 2.11 bits per heavy atom. The number of carboxylic acids is 1. The van der Waals surface area contributed by atoms with E-state index in [1.807, 2.05) is 0 Å². The van der Waals surface area contributed by atoms with Gasteiger partial charge in [-0.3, -0.25) is 4.79 Å². The molecule has 4 nitrogen and oxygen atoms in total. The van der Waals surface area contributed by atoms with E-state index in [0.717, 1.165) is 7.11 Å². The minimum atomic E-state index is -1.00. The monoisotopic (exact) mass is 153 g/mol. The summed E-state index contributed by atoms with van der Waals surface area (Å²) in [5, 5.41) is 15.0. The maximum Gasteiger partial charge on any atom is 0.321 e. The average Bonchev–Trinajstić information content (AvgIpc) is 1.91. The Labute approximate surface area is 59.1 Å². The van der Waals surface area contributed by atoms with Crippen LogP contribution in [-0.4, -0.2) is 35.1 Å². The van der Waals surface area contributed by atoms with Crippen molar-refractivity contribution in [2.75, 3.05) is 12.9 Å². The van der Waals surface area contributed by atoms with Gasteiger partial charge in [-0.15, -0.1) is 0 Å². The lowest BCUT2D eigenvalue weighted by Gasteiger charge is -1.96. The molecule has 0 fully saturated rings. The van der Waals surface area contributed by atoms with Crippen molar-refractivity contribution in [1.82, 2.24) is 0 Å². The number of carbonyl (C=O) groups is 1. The van der Waals surface area contributed by atoms with Crippen LogP contribution < -0.4 is 5.73 Å². The molecule has 0 aromatic rings. The van der Waals surface area contributed by atoms with Crippen LogP contribution in [0, 0.1) is 0 Å². The molecule has 0 rings (SSSR count). The molecule has 0 saturated heterocycles. The van der Waals surface area contributed by atoms with Gasteiger partial charge in [0.25, 0.3) is 0 Å². The van der Waals surface area contributed by atoms with Crippen molar-refractivity contribution < 1.29 is 15.0 Å². The summed E-state index contributed by atoms with van der Waals surface area (Å²) in [6.45, 7) is 0. The number of aliphatic carboxylic acids is 1. The molecule has 0 aliphatic rings. The van der Waals surface area contributed by atoms with E-state index in [1.54, 1.807) is 0 Å². The molecule has 0 radical (unpaired) electrons. The molecule has 0 aliphatic carbocycles. The van der Waals surface area contributed by atoms with Crippen molar-refractivity contribution in [2.24, 2.45) is 5.73 Å². The minimum Gasteiger partial charge on any atom is -0.480 e. The zero-order valence-corrected chi connectivity index (χ0v) is 6.01. The number of carboxylic acid groups (broad SMARTS) is 1. The largest absolute Gasteiger partial charge is 0.480 e. The quantitative estimate of drug-likeness (QED) is 0.381. The zero-order chi connectivity index (χ0) is 7.86. The highest BCUT2D eigenvalue weighted by molar-refractivity contribution is 7.80. The molecule has 0 amide bonds. The lowest BCUT2D eigenvalue weighted by molar-refractivity contribution is -0.137. The molecule has 0 aliphatic heterocycles. The van der Waals surface area contributed by atoms with Gasteiger partial charge < -0.3 is 15.9 Å². The Bertz CT molecular complexity index is 78.2. The van der Waals surface area contributed by atoms with Crippen LogP contribution in [0.1, 0.15) is 0 Å². The van der Waals surface area contributed by atoms with Gasteiger partial charge in [-0.1, -0.05) is 0 Å². The first-order valence-electron chi connectivity index (χ1n) is 2.22. The normalized spacial score (nSPS) is 11.1. The Hall–Kier alpha value is -0.260. The molecule has 9 heavy (non-hydrogen) atoms. The maximum atomic E-state index is 9.76. The van der Waals surface area contributed by atoms with Gasteiger partial charge in [0.1, 0.15) is 6.04 Å². The highest BCUT2D eigenvalue weighted by Crippen LogP contribution is 1.80. The summed E-state index contributed by atoms with van der Waals surface area (Å²) >= 11 is 3.65. The number of hydrogen-bond donors (Lipinski definition) is 4. The zero-order valence-electron chi connectivity index (χ0n) is 5.11. The molecule has 5 heteroatoms. The molecule has 4 N–H and O–H groups in total. The molecule has 0 bridgehead atoms. The predicted octanol–water partition coefficient (Wildman–Crippen LogP) is -1.06. The third-order valence-corrected chi connectivity index (χ3v) is 0.907. The first kappa shape index (κ1) is 11.5. The van der Waals surface area contributed by atoms with Crippen LogP contribution in [0.5, 0.6) is 0 Å². The second-order valence-corrected chi connectivity index (χ2v) is 1.49. The smallest absolute Gasteiger partial charge is 0.321 e. The van der Waals surface area contributed by atoms with E-state index in [0.29, 0.717) is 0 Å². The SMILES string of the molecule is CO.NC(CS)C(=O)O. The average molecular weight is 153 g/mol. The molecular weight excluding hydrogens is 142 g/mol. The molecule has 0 spiro atoms. The fourth-order valence-electron chi connectivity index (χ4n) is 0.0781. The molecule has 0 aromatic heterocycles. The van der Waals surface area contributed by atoms with Gasteiger partial charge in [-0.25, -0.2) is 0 Å². The van der Waals surface area contributed by atoms with Gasteiger partial charge in [0, 0.05) is 12.9 Å². The van der Waals surface area contributed by atoms with E-state index in [1.165, 1.54) is 0 Å². The van der Waals surface area contributed by atoms with Gasteiger partial charge in [0.2, 0.25) is 0 Å². The summed E-state index contributed by atoms with van der Waals surface area (Å²) in [6, 6.07) is -0.816. The summed E-state index contributed by atoms with van der Waals surface area (Å²) in [5.41, 5.74) is 4.94. The van der Waals surface area contributed by atoms with Crippen LogP contribution in [0.15, 0.2) is 0 Å². The van der Waals surface area contributed by atoms with E-state index in [9.17, 15) is 4.79 Å². The van der Waals surface area contributed by atoms with E-state index < -0.39 is 12.0 Å². The highest BCUT2D eigenvalue weighted by Gasteiger charge is 2.06. The standard InChI is InChI=1S/C3H7NO2S.CH4O/c4-2(1-7)3(5)6;1-2/h2,7H,1,4H2,(H,5,6);2H,1H3. The highest BCUT2D eigenvalue weighted by atomic mass is 32.1. The van der Waals surface area contributed by atoms with Crippen molar-refractivity contribution in [3.63, 3.8) is 0 Å². The Morgan fingerprint density at radius 1 is 1.78 bits per heavy atom. The van der Waals surface area contributed by atoms with Crippen molar-refractivity contribution in [3.8, 4) is 0 Å². The molecule has 0 saturated carbocycles. The first-order chi connectivity index (χ1) is 4.18. The fraction of sp³-hybridized carbons (Fsp3) is 0.750. The number of thiol groups is 1. The van der Waals surface area contributed by atoms with E-state index in [2.05, 4.69) is 12.6 Å². The first-order valence-corrected chi connectivity index (χ1v) is 2.85. The maximum absolute atomic E-state index is 9.76. The summed E-state index contributed by atoms with van der Waals surface area (Å²) < 4.78 is 0.